The van der Waals surface area contributed by atoms with Crippen molar-refractivity contribution in [1.82, 2.24) is 5.32 Å². The van der Waals surface area contributed by atoms with Gasteiger partial charge in [-0.15, -0.1) is 0 Å². The molecule has 0 atom stereocenters. The van der Waals surface area contributed by atoms with Crippen molar-refractivity contribution in [3.8, 4) is 0 Å². The standard InChI is InChI=1S/C7H16N6O/c1-2-11-5(14)3-4-12-7(10)13-6(8)9/h2-4H2,1H3,(H,11,14)(H6,8,9,10,12,13). The van der Waals surface area contributed by atoms with Gasteiger partial charge in [-0.1, -0.05) is 0 Å². The van der Waals surface area contributed by atoms with Crippen LogP contribution in [-0.4, -0.2) is 30.9 Å². The SMILES string of the molecule is CCNC(=O)CCN=C(N)N=C(N)N. The molecule has 0 unspecified atom stereocenters. The second-order valence-corrected chi connectivity index (χ2v) is 2.48. The molecule has 7 heteroatoms. The molecule has 0 saturated carbocycles. The molecule has 1 amide bonds. The van der Waals surface area contributed by atoms with E-state index in [1.165, 1.54) is 0 Å². The van der Waals surface area contributed by atoms with Crippen LogP contribution in [0.25, 0.3) is 0 Å². The maximum Gasteiger partial charge on any atom is 0.221 e. The average molecular weight is 200 g/mol. The van der Waals surface area contributed by atoms with E-state index < -0.39 is 0 Å². The molecule has 0 aromatic heterocycles. The summed E-state index contributed by atoms with van der Waals surface area (Å²) < 4.78 is 0. The number of nitrogens with one attached hydrogen (secondary N) is 1. The first-order valence-corrected chi connectivity index (χ1v) is 4.22. The number of carbonyl (C=O) groups excluding carboxylic acids is 1. The largest absolute Gasteiger partial charge is 0.370 e. The fourth-order valence-corrected chi connectivity index (χ4v) is 0.725. The molecule has 0 aliphatic heterocycles. The topological polar surface area (TPSA) is 132 Å². The highest BCUT2D eigenvalue weighted by atomic mass is 16.1. The third-order valence-corrected chi connectivity index (χ3v) is 1.23. The van der Waals surface area contributed by atoms with Crippen LogP contribution in [0.5, 0.6) is 0 Å². The van der Waals surface area contributed by atoms with Gasteiger partial charge in [0.25, 0.3) is 0 Å². The Hall–Kier alpha value is -1.79. The minimum Gasteiger partial charge on any atom is -0.370 e. The van der Waals surface area contributed by atoms with Gasteiger partial charge in [-0.2, -0.15) is 4.99 Å². The lowest BCUT2D eigenvalue weighted by Gasteiger charge is -1.98. The van der Waals surface area contributed by atoms with Crippen molar-refractivity contribution in [3.63, 3.8) is 0 Å². The van der Waals surface area contributed by atoms with Gasteiger partial charge in [0.15, 0.2) is 5.96 Å². The van der Waals surface area contributed by atoms with Crippen LogP contribution in [0.4, 0.5) is 0 Å². The molecule has 80 valence electrons. The van der Waals surface area contributed by atoms with Crippen molar-refractivity contribution in [2.75, 3.05) is 13.1 Å². The van der Waals surface area contributed by atoms with Gasteiger partial charge < -0.3 is 22.5 Å². The zero-order chi connectivity index (χ0) is 11.0. The van der Waals surface area contributed by atoms with E-state index in [9.17, 15) is 4.79 Å². The fourth-order valence-electron chi connectivity index (χ4n) is 0.725. The smallest absolute Gasteiger partial charge is 0.221 e. The van der Waals surface area contributed by atoms with E-state index in [2.05, 4.69) is 15.3 Å². The molecule has 0 spiro atoms. The number of guanidine groups is 2. The van der Waals surface area contributed by atoms with E-state index in [1.807, 2.05) is 6.92 Å². The summed E-state index contributed by atoms with van der Waals surface area (Å²) in [5.41, 5.74) is 15.4. The highest BCUT2D eigenvalue weighted by Crippen LogP contribution is 1.82. The lowest BCUT2D eigenvalue weighted by molar-refractivity contribution is -0.120. The Labute approximate surface area is 82.5 Å². The number of amides is 1. The number of hydrogen-bond donors (Lipinski definition) is 4. The third kappa shape index (κ3) is 6.89. The first-order valence-electron chi connectivity index (χ1n) is 4.22. The Morgan fingerprint density at radius 3 is 2.50 bits per heavy atom. The summed E-state index contributed by atoms with van der Waals surface area (Å²) >= 11 is 0. The van der Waals surface area contributed by atoms with Crippen LogP contribution in [0, 0.1) is 0 Å². The molecule has 0 heterocycles. The van der Waals surface area contributed by atoms with Crippen LogP contribution in [0.2, 0.25) is 0 Å². The van der Waals surface area contributed by atoms with Crippen LogP contribution in [0.15, 0.2) is 9.98 Å². The first-order chi connectivity index (χ1) is 6.56. The van der Waals surface area contributed by atoms with Crippen molar-refractivity contribution < 1.29 is 4.79 Å². The Bertz CT molecular complexity index is 243. The molecule has 0 saturated heterocycles. The molecule has 14 heavy (non-hydrogen) atoms. The van der Waals surface area contributed by atoms with Crippen LogP contribution in [0.3, 0.4) is 0 Å². The fraction of sp³-hybridized carbons (Fsp3) is 0.571. The number of nitrogens with zero attached hydrogens (tertiary/aromatic N) is 2. The zero-order valence-corrected chi connectivity index (χ0v) is 8.16. The summed E-state index contributed by atoms with van der Waals surface area (Å²) in [7, 11) is 0. The van der Waals surface area contributed by atoms with Gasteiger partial charge in [0.05, 0.1) is 6.54 Å². The minimum absolute atomic E-state index is 0.0192. The van der Waals surface area contributed by atoms with Crippen molar-refractivity contribution in [1.29, 1.82) is 0 Å². The monoisotopic (exact) mass is 200 g/mol. The van der Waals surface area contributed by atoms with Gasteiger partial charge in [0, 0.05) is 13.0 Å². The molecule has 0 aliphatic carbocycles. The van der Waals surface area contributed by atoms with Gasteiger partial charge in [-0.05, 0) is 6.92 Å². The molecular formula is C7H16N6O. The lowest BCUT2D eigenvalue weighted by atomic mass is 10.4. The van der Waals surface area contributed by atoms with Crippen molar-refractivity contribution in [2.45, 2.75) is 13.3 Å². The molecule has 7 N–H and O–H groups in total. The molecule has 0 aromatic rings. The number of hydrogen-bond acceptors (Lipinski definition) is 2. The predicted molar refractivity (Wildman–Crippen MR) is 55.6 cm³/mol. The van der Waals surface area contributed by atoms with E-state index in [-0.39, 0.29) is 30.8 Å². The number of rotatable bonds is 4. The summed E-state index contributed by atoms with van der Waals surface area (Å²) in [6.07, 6.45) is 0.272. The summed E-state index contributed by atoms with van der Waals surface area (Å²) in [5.74, 6) is -0.243. The molecule has 0 aliphatic rings. The number of carbonyl (C=O) groups is 1. The van der Waals surface area contributed by atoms with E-state index in [0.29, 0.717) is 6.54 Å². The Morgan fingerprint density at radius 1 is 1.36 bits per heavy atom. The zero-order valence-electron chi connectivity index (χ0n) is 8.16. The molecule has 0 rings (SSSR count). The number of aliphatic imine (C=N–C) groups is 2. The number of nitrogens with two attached hydrogens (primary N) is 3. The lowest BCUT2D eigenvalue weighted by Crippen LogP contribution is -2.27. The van der Waals surface area contributed by atoms with Crippen LogP contribution in [0.1, 0.15) is 13.3 Å². The normalized spacial score (nSPS) is 10.8. The Balaban J connectivity index is 3.82. The Kier molecular flexibility index (Phi) is 5.84. The maximum atomic E-state index is 10.9. The minimum atomic E-state index is -0.149. The van der Waals surface area contributed by atoms with Gasteiger partial charge >= 0.3 is 0 Å². The highest BCUT2D eigenvalue weighted by Gasteiger charge is 1.97. The van der Waals surface area contributed by atoms with E-state index in [1.54, 1.807) is 0 Å². The van der Waals surface area contributed by atoms with Gasteiger partial charge in [0.1, 0.15) is 0 Å². The Morgan fingerprint density at radius 2 is 2.00 bits per heavy atom. The second kappa shape index (κ2) is 6.70. The maximum absolute atomic E-state index is 10.9. The quantitative estimate of drug-likeness (QED) is 0.311. The van der Waals surface area contributed by atoms with Crippen molar-refractivity contribution >= 4 is 17.8 Å². The van der Waals surface area contributed by atoms with E-state index >= 15 is 0 Å². The molecule has 7 nitrogen and oxygen atoms in total. The van der Waals surface area contributed by atoms with Gasteiger partial charge in [-0.3, -0.25) is 9.79 Å². The average Bonchev–Trinajstić information content (AvgIpc) is 2.02. The molecule has 0 radical (unpaired) electrons. The van der Waals surface area contributed by atoms with E-state index in [0.717, 1.165) is 0 Å². The first kappa shape index (κ1) is 12.2. The second-order valence-electron chi connectivity index (χ2n) is 2.48. The van der Waals surface area contributed by atoms with Crippen molar-refractivity contribution in [3.05, 3.63) is 0 Å². The summed E-state index contributed by atoms with van der Waals surface area (Å²) in [6.45, 7) is 2.72. The summed E-state index contributed by atoms with van der Waals surface area (Å²) in [6, 6.07) is 0. The summed E-state index contributed by atoms with van der Waals surface area (Å²) in [5, 5.41) is 2.63. The molecule has 0 fully saturated rings. The van der Waals surface area contributed by atoms with Crippen LogP contribution in [-0.2, 0) is 4.79 Å². The van der Waals surface area contributed by atoms with Gasteiger partial charge in [0.2, 0.25) is 11.9 Å². The van der Waals surface area contributed by atoms with Crippen LogP contribution >= 0.6 is 0 Å². The predicted octanol–water partition coefficient (Wildman–Crippen LogP) is -1.90. The summed E-state index contributed by atoms with van der Waals surface area (Å²) in [4.78, 5) is 18.2. The van der Waals surface area contributed by atoms with Gasteiger partial charge in [-0.25, -0.2) is 0 Å². The molecule has 0 bridgehead atoms. The third-order valence-electron chi connectivity index (χ3n) is 1.23. The molecule has 0 aromatic carbocycles. The highest BCUT2D eigenvalue weighted by molar-refractivity contribution is 5.92. The molecular weight excluding hydrogens is 184 g/mol. The van der Waals surface area contributed by atoms with Crippen molar-refractivity contribution in [2.24, 2.45) is 27.2 Å². The van der Waals surface area contributed by atoms with Crippen LogP contribution < -0.4 is 22.5 Å². The van der Waals surface area contributed by atoms with E-state index in [4.69, 9.17) is 17.2 Å².